The molecule has 0 radical (unpaired) electrons. The molecule has 0 aliphatic carbocycles. The average molecular weight is 292 g/mol. The van der Waals surface area contributed by atoms with Crippen LogP contribution in [0, 0.1) is 0 Å². The lowest BCUT2D eigenvalue weighted by atomic mass is 9.98. The third kappa shape index (κ3) is 3.47. The molecular formula is C16H24N2O3. The summed E-state index contributed by atoms with van der Waals surface area (Å²) in [5.41, 5.74) is 8.02. The van der Waals surface area contributed by atoms with Gasteiger partial charge in [0.1, 0.15) is 0 Å². The Hall–Kier alpha value is -1.75. The molecule has 1 aromatic carbocycles. The van der Waals surface area contributed by atoms with Gasteiger partial charge in [-0.3, -0.25) is 4.79 Å². The molecule has 5 heteroatoms. The van der Waals surface area contributed by atoms with Crippen molar-refractivity contribution in [1.82, 2.24) is 4.90 Å². The van der Waals surface area contributed by atoms with Gasteiger partial charge in [0.25, 0.3) is 0 Å². The lowest BCUT2D eigenvalue weighted by molar-refractivity contribution is -0.133. The van der Waals surface area contributed by atoms with E-state index in [1.165, 1.54) is 5.56 Å². The van der Waals surface area contributed by atoms with Crippen molar-refractivity contribution in [2.45, 2.75) is 39.8 Å². The maximum atomic E-state index is 12.0. The molecule has 0 unspecified atom stereocenters. The third-order valence-electron chi connectivity index (χ3n) is 3.58. The number of carbonyl (C=O) groups is 1. The lowest BCUT2D eigenvalue weighted by Crippen LogP contribution is -2.44. The van der Waals surface area contributed by atoms with Crippen LogP contribution in [0.5, 0.6) is 11.5 Å². The highest BCUT2D eigenvalue weighted by atomic mass is 16.5. The summed E-state index contributed by atoms with van der Waals surface area (Å²) in [6, 6.07) is 3.57. The van der Waals surface area contributed by atoms with Crippen molar-refractivity contribution < 1.29 is 14.3 Å². The summed E-state index contributed by atoms with van der Waals surface area (Å²) < 4.78 is 11.3. The van der Waals surface area contributed by atoms with Crippen molar-refractivity contribution in [2.24, 2.45) is 5.73 Å². The average Bonchev–Trinajstić information content (AvgIpc) is 2.47. The van der Waals surface area contributed by atoms with Crippen molar-refractivity contribution in [3.05, 3.63) is 23.3 Å². The summed E-state index contributed by atoms with van der Waals surface area (Å²) in [7, 11) is 0. The van der Waals surface area contributed by atoms with Crippen LogP contribution in [0.2, 0.25) is 0 Å². The number of nitrogens with two attached hydrogens (primary N) is 1. The molecule has 5 nitrogen and oxygen atoms in total. The highest BCUT2D eigenvalue weighted by Gasteiger charge is 2.24. The van der Waals surface area contributed by atoms with E-state index in [1.807, 2.05) is 30.9 Å². The minimum Gasteiger partial charge on any atom is -0.490 e. The Balaban J connectivity index is 2.26. The fraction of sp³-hybridized carbons (Fsp3) is 0.562. The molecule has 1 heterocycles. The number of hydrogen-bond donors (Lipinski definition) is 1. The normalized spacial score (nSPS) is 15.3. The lowest BCUT2D eigenvalue weighted by Gasteiger charge is -2.30. The van der Waals surface area contributed by atoms with Gasteiger partial charge in [0.2, 0.25) is 5.91 Å². The molecule has 1 aliphatic rings. The SMILES string of the molecule is CCOc1cc2c(cc1OCC)CN(C(=O)[C@H](C)N)CC2. The first-order chi connectivity index (χ1) is 10.1. The van der Waals surface area contributed by atoms with Crippen LogP contribution in [0.1, 0.15) is 31.9 Å². The number of amides is 1. The van der Waals surface area contributed by atoms with Gasteiger partial charge in [0.15, 0.2) is 11.5 Å². The standard InChI is InChI=1S/C16H24N2O3/c1-4-20-14-8-12-6-7-18(16(19)11(3)17)10-13(12)9-15(14)21-5-2/h8-9,11H,4-7,10,17H2,1-3H3/t11-/m0/s1. The van der Waals surface area contributed by atoms with Crippen LogP contribution in [0.4, 0.5) is 0 Å². The fourth-order valence-corrected chi connectivity index (χ4v) is 2.58. The highest BCUT2D eigenvalue weighted by molar-refractivity contribution is 5.81. The van der Waals surface area contributed by atoms with E-state index >= 15 is 0 Å². The van der Waals surface area contributed by atoms with E-state index in [2.05, 4.69) is 0 Å². The fourth-order valence-electron chi connectivity index (χ4n) is 2.58. The summed E-state index contributed by atoms with van der Waals surface area (Å²) in [4.78, 5) is 13.8. The number of ether oxygens (including phenoxy) is 2. The van der Waals surface area contributed by atoms with Gasteiger partial charge in [-0.1, -0.05) is 0 Å². The molecule has 0 spiro atoms. The number of benzene rings is 1. The van der Waals surface area contributed by atoms with Crippen LogP contribution in [-0.4, -0.2) is 36.6 Å². The molecule has 116 valence electrons. The second-order valence-corrected chi connectivity index (χ2v) is 5.23. The Morgan fingerprint density at radius 3 is 2.33 bits per heavy atom. The molecule has 1 amide bonds. The molecule has 1 aromatic rings. The van der Waals surface area contributed by atoms with E-state index in [1.54, 1.807) is 6.92 Å². The Morgan fingerprint density at radius 2 is 1.81 bits per heavy atom. The van der Waals surface area contributed by atoms with Crippen LogP contribution in [0.15, 0.2) is 12.1 Å². The Morgan fingerprint density at radius 1 is 1.24 bits per heavy atom. The van der Waals surface area contributed by atoms with Gasteiger partial charge in [0, 0.05) is 13.1 Å². The predicted molar refractivity (Wildman–Crippen MR) is 81.6 cm³/mol. The van der Waals surface area contributed by atoms with E-state index in [0.29, 0.717) is 26.3 Å². The Labute approximate surface area is 126 Å². The van der Waals surface area contributed by atoms with Crippen LogP contribution in [0.3, 0.4) is 0 Å². The van der Waals surface area contributed by atoms with Gasteiger partial charge in [-0.15, -0.1) is 0 Å². The van der Waals surface area contributed by atoms with Crippen LogP contribution in [-0.2, 0) is 17.8 Å². The minimum absolute atomic E-state index is 0.00695. The number of rotatable bonds is 5. The van der Waals surface area contributed by atoms with E-state index in [0.717, 1.165) is 23.5 Å². The van der Waals surface area contributed by atoms with Crippen molar-refractivity contribution >= 4 is 5.91 Å². The second-order valence-electron chi connectivity index (χ2n) is 5.23. The second kappa shape index (κ2) is 6.80. The molecule has 21 heavy (non-hydrogen) atoms. The van der Waals surface area contributed by atoms with Gasteiger partial charge >= 0.3 is 0 Å². The molecule has 0 aromatic heterocycles. The number of fused-ring (bicyclic) bond motifs is 1. The monoisotopic (exact) mass is 292 g/mol. The first kappa shape index (κ1) is 15.6. The van der Waals surface area contributed by atoms with Crippen molar-refractivity contribution in [2.75, 3.05) is 19.8 Å². The van der Waals surface area contributed by atoms with Gasteiger partial charge < -0.3 is 20.1 Å². The smallest absolute Gasteiger partial charge is 0.239 e. The molecule has 0 bridgehead atoms. The molecule has 0 fully saturated rings. The number of hydrogen-bond acceptors (Lipinski definition) is 4. The first-order valence-corrected chi connectivity index (χ1v) is 7.52. The maximum absolute atomic E-state index is 12.0. The van der Waals surface area contributed by atoms with E-state index < -0.39 is 6.04 Å². The van der Waals surface area contributed by atoms with E-state index in [9.17, 15) is 4.79 Å². The van der Waals surface area contributed by atoms with Crippen molar-refractivity contribution in [3.63, 3.8) is 0 Å². The Bertz CT molecular complexity index is 514. The zero-order valence-corrected chi connectivity index (χ0v) is 13.0. The summed E-state index contributed by atoms with van der Waals surface area (Å²) in [5, 5.41) is 0. The molecule has 0 saturated heterocycles. The van der Waals surface area contributed by atoms with E-state index in [4.69, 9.17) is 15.2 Å². The summed E-state index contributed by atoms with van der Waals surface area (Å²) in [6.45, 7) is 8.10. The van der Waals surface area contributed by atoms with Crippen molar-refractivity contribution in [1.29, 1.82) is 0 Å². The topological polar surface area (TPSA) is 64.8 Å². The zero-order valence-electron chi connectivity index (χ0n) is 13.0. The molecule has 1 aliphatic heterocycles. The van der Waals surface area contributed by atoms with E-state index in [-0.39, 0.29) is 5.91 Å². The van der Waals surface area contributed by atoms with Gasteiger partial charge in [-0.2, -0.15) is 0 Å². The van der Waals surface area contributed by atoms with Crippen LogP contribution in [0.25, 0.3) is 0 Å². The molecule has 1 atom stereocenters. The molecule has 2 N–H and O–H groups in total. The number of nitrogens with zero attached hydrogens (tertiary/aromatic N) is 1. The van der Waals surface area contributed by atoms with Crippen molar-refractivity contribution in [3.8, 4) is 11.5 Å². The zero-order chi connectivity index (χ0) is 15.4. The largest absolute Gasteiger partial charge is 0.490 e. The third-order valence-corrected chi connectivity index (χ3v) is 3.58. The highest BCUT2D eigenvalue weighted by Crippen LogP contribution is 2.33. The maximum Gasteiger partial charge on any atom is 0.239 e. The van der Waals surface area contributed by atoms with Gasteiger partial charge in [-0.25, -0.2) is 0 Å². The minimum atomic E-state index is -0.458. The van der Waals surface area contributed by atoms with Gasteiger partial charge in [0.05, 0.1) is 19.3 Å². The van der Waals surface area contributed by atoms with Crippen LogP contribution < -0.4 is 15.2 Å². The van der Waals surface area contributed by atoms with Crippen LogP contribution >= 0.6 is 0 Å². The summed E-state index contributed by atoms with van der Waals surface area (Å²) in [6.07, 6.45) is 0.820. The molecule has 0 saturated carbocycles. The first-order valence-electron chi connectivity index (χ1n) is 7.52. The van der Waals surface area contributed by atoms with Gasteiger partial charge in [-0.05, 0) is 50.5 Å². The summed E-state index contributed by atoms with van der Waals surface area (Å²) in [5.74, 6) is 1.52. The quantitative estimate of drug-likeness (QED) is 0.897. The Kier molecular flexibility index (Phi) is 5.07. The number of carbonyl (C=O) groups excluding carboxylic acids is 1. The molecule has 2 rings (SSSR count). The predicted octanol–water partition coefficient (Wildman–Crippen LogP) is 1.72. The molecular weight excluding hydrogens is 268 g/mol. The summed E-state index contributed by atoms with van der Waals surface area (Å²) >= 11 is 0.